The van der Waals surface area contributed by atoms with Crippen LogP contribution in [0.2, 0.25) is 10.0 Å². The van der Waals surface area contributed by atoms with Crippen molar-refractivity contribution in [1.82, 2.24) is 14.5 Å². The molecule has 47 heavy (non-hydrogen) atoms. The predicted molar refractivity (Wildman–Crippen MR) is 181 cm³/mol. The zero-order valence-electron chi connectivity index (χ0n) is 25.6. The van der Waals surface area contributed by atoms with Gasteiger partial charge in [-0.1, -0.05) is 83.9 Å². The monoisotopic (exact) mass is 695 g/mol. The van der Waals surface area contributed by atoms with Gasteiger partial charge >= 0.3 is 0 Å². The Morgan fingerprint density at radius 1 is 0.851 bits per heavy atom. The standard InChI is InChI=1S/C35H35Cl2N3O6S/c36-29-12-10-27(11-13-29)24-40(33(22-26-6-2-1-3-7-26)35(42)38-23-28-8-4-5-9-32(28)37)34(41)25-46-30-14-16-31(17-15-30)47(43,44)39-18-20-45-21-19-39/h1-17,33H,18-25H2,(H,38,42). The summed E-state index contributed by atoms with van der Waals surface area (Å²) < 4.78 is 38.5. The summed E-state index contributed by atoms with van der Waals surface area (Å²) in [6, 6.07) is 28.8. The third kappa shape index (κ3) is 9.33. The zero-order chi connectivity index (χ0) is 33.2. The number of nitrogens with zero attached hydrogens (tertiary/aromatic N) is 2. The number of benzene rings is 4. The Labute approximate surface area is 285 Å². The third-order valence-electron chi connectivity index (χ3n) is 7.74. The van der Waals surface area contributed by atoms with Gasteiger partial charge in [0.2, 0.25) is 15.9 Å². The molecule has 12 heteroatoms. The van der Waals surface area contributed by atoms with Gasteiger partial charge in [0, 0.05) is 42.6 Å². The predicted octanol–water partition coefficient (Wildman–Crippen LogP) is 5.35. The molecule has 1 N–H and O–H groups in total. The van der Waals surface area contributed by atoms with E-state index >= 15 is 0 Å². The second-order valence-corrected chi connectivity index (χ2v) is 13.7. The van der Waals surface area contributed by atoms with E-state index in [1.807, 2.05) is 48.5 Å². The van der Waals surface area contributed by atoms with E-state index in [9.17, 15) is 18.0 Å². The molecule has 1 heterocycles. The molecule has 9 nitrogen and oxygen atoms in total. The van der Waals surface area contributed by atoms with Crippen molar-refractivity contribution in [2.45, 2.75) is 30.4 Å². The molecule has 0 aliphatic carbocycles. The van der Waals surface area contributed by atoms with Gasteiger partial charge in [0.15, 0.2) is 6.61 Å². The van der Waals surface area contributed by atoms with E-state index in [1.54, 1.807) is 30.3 Å². The van der Waals surface area contributed by atoms with E-state index in [0.29, 0.717) is 29.0 Å². The van der Waals surface area contributed by atoms with E-state index in [1.165, 1.54) is 33.5 Å². The van der Waals surface area contributed by atoms with Gasteiger partial charge in [-0.05, 0) is 59.2 Å². The zero-order valence-corrected chi connectivity index (χ0v) is 27.9. The summed E-state index contributed by atoms with van der Waals surface area (Å²) in [5, 5.41) is 4.04. The molecule has 1 unspecified atom stereocenters. The summed E-state index contributed by atoms with van der Waals surface area (Å²) in [6.45, 7) is 1.18. The van der Waals surface area contributed by atoms with Crippen LogP contribution < -0.4 is 10.1 Å². The molecule has 1 fully saturated rings. The molecule has 1 atom stereocenters. The van der Waals surface area contributed by atoms with Gasteiger partial charge in [-0.25, -0.2) is 8.42 Å². The number of hydrogen-bond donors (Lipinski definition) is 1. The molecule has 2 amide bonds. The summed E-state index contributed by atoms with van der Waals surface area (Å²) in [5.74, 6) is -0.471. The first-order valence-corrected chi connectivity index (χ1v) is 17.3. The molecule has 5 rings (SSSR count). The SMILES string of the molecule is O=C(NCc1ccccc1Cl)C(Cc1ccccc1)N(Cc1ccc(Cl)cc1)C(=O)COc1ccc(S(=O)(=O)N2CCOCC2)cc1. The Bertz CT molecular complexity index is 1750. The Morgan fingerprint density at radius 3 is 2.19 bits per heavy atom. The minimum absolute atomic E-state index is 0.118. The largest absolute Gasteiger partial charge is 0.484 e. The van der Waals surface area contributed by atoms with E-state index in [0.717, 1.165) is 16.7 Å². The minimum atomic E-state index is -3.68. The van der Waals surface area contributed by atoms with Crippen molar-refractivity contribution in [3.05, 3.63) is 130 Å². The number of sulfonamides is 1. The summed E-state index contributed by atoms with van der Waals surface area (Å²) >= 11 is 12.5. The van der Waals surface area contributed by atoms with Crippen LogP contribution in [0.25, 0.3) is 0 Å². The number of amides is 2. The Kier molecular flexibility index (Phi) is 11.9. The highest BCUT2D eigenvalue weighted by atomic mass is 35.5. The average molecular weight is 697 g/mol. The van der Waals surface area contributed by atoms with Crippen LogP contribution in [0.1, 0.15) is 16.7 Å². The van der Waals surface area contributed by atoms with Crippen molar-refractivity contribution in [3.8, 4) is 5.75 Å². The topological polar surface area (TPSA) is 105 Å². The maximum Gasteiger partial charge on any atom is 0.261 e. The fourth-order valence-electron chi connectivity index (χ4n) is 5.15. The Morgan fingerprint density at radius 2 is 1.51 bits per heavy atom. The quantitative estimate of drug-likeness (QED) is 0.202. The average Bonchev–Trinajstić information content (AvgIpc) is 3.10. The van der Waals surface area contributed by atoms with Gasteiger partial charge in [-0.15, -0.1) is 0 Å². The maximum absolute atomic E-state index is 13.9. The number of nitrogens with one attached hydrogen (secondary N) is 1. The van der Waals surface area contributed by atoms with E-state index in [2.05, 4.69) is 5.32 Å². The third-order valence-corrected chi connectivity index (χ3v) is 10.3. The smallest absolute Gasteiger partial charge is 0.261 e. The number of carbonyl (C=O) groups excluding carboxylic acids is 2. The number of morpholine rings is 1. The first-order chi connectivity index (χ1) is 22.7. The van der Waals surface area contributed by atoms with Gasteiger partial charge < -0.3 is 19.7 Å². The molecule has 0 saturated carbocycles. The van der Waals surface area contributed by atoms with Gasteiger partial charge in [0.05, 0.1) is 18.1 Å². The molecule has 246 valence electrons. The van der Waals surface area contributed by atoms with Crippen LogP contribution >= 0.6 is 23.2 Å². The molecule has 1 aliphatic heterocycles. The molecular weight excluding hydrogens is 661 g/mol. The first kappa shape index (κ1) is 34.4. The number of ether oxygens (including phenoxy) is 2. The van der Waals surface area contributed by atoms with E-state index in [-0.39, 0.29) is 50.0 Å². The van der Waals surface area contributed by atoms with Gasteiger partial charge in [0.25, 0.3) is 5.91 Å². The first-order valence-electron chi connectivity index (χ1n) is 15.1. The van der Waals surface area contributed by atoms with Crippen molar-refractivity contribution in [2.75, 3.05) is 32.9 Å². The molecule has 0 radical (unpaired) electrons. The van der Waals surface area contributed by atoms with E-state index in [4.69, 9.17) is 32.7 Å². The normalized spacial score (nSPS) is 14.3. The van der Waals surface area contributed by atoms with Crippen LogP contribution in [0.15, 0.2) is 108 Å². The number of hydrogen-bond acceptors (Lipinski definition) is 6. The fourth-order valence-corrected chi connectivity index (χ4v) is 6.89. The molecule has 1 saturated heterocycles. The summed E-state index contributed by atoms with van der Waals surface area (Å²) in [7, 11) is -3.68. The lowest BCUT2D eigenvalue weighted by atomic mass is 10.0. The van der Waals surface area contributed by atoms with E-state index < -0.39 is 22.0 Å². The molecule has 4 aromatic carbocycles. The second-order valence-electron chi connectivity index (χ2n) is 10.9. The molecule has 4 aromatic rings. The van der Waals surface area contributed by atoms with Crippen LogP contribution in [0, 0.1) is 0 Å². The van der Waals surface area contributed by atoms with Crippen molar-refractivity contribution >= 4 is 45.0 Å². The number of carbonyl (C=O) groups is 2. The molecular formula is C35H35Cl2N3O6S. The highest BCUT2D eigenvalue weighted by Crippen LogP contribution is 2.22. The summed E-state index contributed by atoms with van der Waals surface area (Å²) in [6.07, 6.45) is 0.253. The summed E-state index contributed by atoms with van der Waals surface area (Å²) in [5.41, 5.74) is 2.40. The van der Waals surface area contributed by atoms with Gasteiger partial charge in [0.1, 0.15) is 11.8 Å². The number of halogens is 2. The summed E-state index contributed by atoms with van der Waals surface area (Å²) in [4.78, 5) is 29.4. The lowest BCUT2D eigenvalue weighted by Crippen LogP contribution is -2.51. The lowest BCUT2D eigenvalue weighted by molar-refractivity contribution is -0.142. The molecule has 0 spiro atoms. The number of rotatable bonds is 13. The van der Waals surface area contributed by atoms with Crippen molar-refractivity contribution in [2.24, 2.45) is 0 Å². The van der Waals surface area contributed by atoms with Crippen molar-refractivity contribution < 1.29 is 27.5 Å². The van der Waals surface area contributed by atoms with Crippen molar-refractivity contribution in [3.63, 3.8) is 0 Å². The Balaban J connectivity index is 1.36. The van der Waals surface area contributed by atoms with Crippen LogP contribution in [-0.4, -0.2) is 68.4 Å². The van der Waals surface area contributed by atoms with Gasteiger partial charge in [-0.2, -0.15) is 4.31 Å². The lowest BCUT2D eigenvalue weighted by Gasteiger charge is -2.31. The molecule has 0 bridgehead atoms. The van der Waals surface area contributed by atoms with Crippen LogP contribution in [-0.2, 0) is 43.9 Å². The Hall–Kier alpha value is -3.93. The second kappa shape index (κ2) is 16.3. The highest BCUT2D eigenvalue weighted by molar-refractivity contribution is 7.89. The van der Waals surface area contributed by atoms with Crippen LogP contribution in [0.4, 0.5) is 0 Å². The molecule has 1 aliphatic rings. The van der Waals surface area contributed by atoms with Crippen LogP contribution in [0.3, 0.4) is 0 Å². The fraction of sp³-hybridized carbons (Fsp3) is 0.257. The highest BCUT2D eigenvalue weighted by Gasteiger charge is 2.31. The van der Waals surface area contributed by atoms with Gasteiger partial charge in [-0.3, -0.25) is 9.59 Å². The van der Waals surface area contributed by atoms with Crippen LogP contribution in [0.5, 0.6) is 5.75 Å². The molecule has 0 aromatic heterocycles. The maximum atomic E-state index is 13.9. The minimum Gasteiger partial charge on any atom is -0.484 e. The van der Waals surface area contributed by atoms with Crippen molar-refractivity contribution in [1.29, 1.82) is 0 Å².